The van der Waals surface area contributed by atoms with E-state index in [1.807, 2.05) is 0 Å². The van der Waals surface area contributed by atoms with Gasteiger partial charge in [0.25, 0.3) is 0 Å². The number of hydrogen-bond donors (Lipinski definition) is 2. The van der Waals surface area contributed by atoms with Crippen molar-refractivity contribution in [3.63, 3.8) is 0 Å². The van der Waals surface area contributed by atoms with Crippen LogP contribution in [0.25, 0.3) is 0 Å². The van der Waals surface area contributed by atoms with Gasteiger partial charge in [0.05, 0.1) is 5.69 Å². The van der Waals surface area contributed by atoms with Crippen molar-refractivity contribution in [1.29, 1.82) is 0 Å². The standard InChI is InChI=1S/C14H18ClFN2O.ClH/c15-10-5-6-13(11(16)8-10)18-14(19)7-9-3-1-2-4-12(9)17;/h5-6,8-9,12H,1-4,7,17H2,(H,18,19);1H. The summed E-state index contributed by atoms with van der Waals surface area (Å²) in [5, 5.41) is 2.89. The van der Waals surface area contributed by atoms with E-state index in [1.165, 1.54) is 12.1 Å². The Labute approximate surface area is 129 Å². The third-order valence-corrected chi connectivity index (χ3v) is 3.86. The largest absolute Gasteiger partial charge is 0.327 e. The summed E-state index contributed by atoms with van der Waals surface area (Å²) in [4.78, 5) is 11.9. The Balaban J connectivity index is 0.00000200. The number of carbonyl (C=O) groups is 1. The van der Waals surface area contributed by atoms with Gasteiger partial charge < -0.3 is 11.1 Å². The second-order valence-electron chi connectivity index (χ2n) is 5.08. The molecule has 0 aliphatic heterocycles. The zero-order valence-electron chi connectivity index (χ0n) is 11.1. The summed E-state index contributed by atoms with van der Waals surface area (Å²) in [5.74, 6) is -0.513. The maximum atomic E-state index is 13.5. The van der Waals surface area contributed by atoms with E-state index in [4.69, 9.17) is 17.3 Å². The van der Waals surface area contributed by atoms with E-state index in [0.29, 0.717) is 11.4 Å². The van der Waals surface area contributed by atoms with Crippen LogP contribution >= 0.6 is 24.0 Å². The van der Waals surface area contributed by atoms with E-state index in [1.54, 1.807) is 6.07 Å². The number of nitrogens with two attached hydrogens (primary N) is 1. The minimum atomic E-state index is -0.520. The minimum Gasteiger partial charge on any atom is -0.327 e. The highest BCUT2D eigenvalue weighted by atomic mass is 35.5. The zero-order chi connectivity index (χ0) is 13.8. The van der Waals surface area contributed by atoms with Crippen LogP contribution in [0, 0.1) is 11.7 Å². The van der Waals surface area contributed by atoms with Gasteiger partial charge in [-0.3, -0.25) is 4.79 Å². The molecule has 0 heterocycles. The molecule has 1 aliphatic carbocycles. The van der Waals surface area contributed by atoms with Gasteiger partial charge in [-0.15, -0.1) is 12.4 Å². The van der Waals surface area contributed by atoms with Crippen LogP contribution in [0.5, 0.6) is 0 Å². The molecule has 2 atom stereocenters. The molecule has 2 unspecified atom stereocenters. The molecule has 2 rings (SSSR count). The number of benzene rings is 1. The molecule has 0 aromatic heterocycles. The Kier molecular flexibility index (Phi) is 6.72. The number of halogens is 3. The number of nitrogens with one attached hydrogen (secondary N) is 1. The average Bonchev–Trinajstić information content (AvgIpc) is 2.36. The number of anilines is 1. The van der Waals surface area contributed by atoms with E-state index in [2.05, 4.69) is 5.32 Å². The van der Waals surface area contributed by atoms with Crippen molar-refractivity contribution in [2.24, 2.45) is 11.7 Å². The molecule has 112 valence electrons. The highest BCUT2D eigenvalue weighted by Gasteiger charge is 2.24. The van der Waals surface area contributed by atoms with Crippen molar-refractivity contribution in [3.8, 4) is 0 Å². The van der Waals surface area contributed by atoms with Crippen LogP contribution in [0.1, 0.15) is 32.1 Å². The molecular weight excluding hydrogens is 302 g/mol. The molecule has 1 saturated carbocycles. The van der Waals surface area contributed by atoms with E-state index < -0.39 is 5.82 Å². The van der Waals surface area contributed by atoms with Gasteiger partial charge >= 0.3 is 0 Å². The monoisotopic (exact) mass is 320 g/mol. The SMILES string of the molecule is Cl.NC1CCCCC1CC(=O)Nc1ccc(Cl)cc1F. The summed E-state index contributed by atoms with van der Waals surface area (Å²) < 4.78 is 13.5. The van der Waals surface area contributed by atoms with Crippen molar-refractivity contribution >= 4 is 35.6 Å². The van der Waals surface area contributed by atoms with Gasteiger partial charge in [0, 0.05) is 17.5 Å². The highest BCUT2D eigenvalue weighted by Crippen LogP contribution is 2.26. The van der Waals surface area contributed by atoms with E-state index in [9.17, 15) is 9.18 Å². The molecular formula is C14H19Cl2FN2O. The van der Waals surface area contributed by atoms with Crippen molar-refractivity contribution in [2.75, 3.05) is 5.32 Å². The van der Waals surface area contributed by atoms with E-state index in [0.717, 1.165) is 25.7 Å². The highest BCUT2D eigenvalue weighted by molar-refractivity contribution is 6.30. The zero-order valence-corrected chi connectivity index (χ0v) is 12.6. The topological polar surface area (TPSA) is 55.1 Å². The Bertz CT molecular complexity index is 470. The second kappa shape index (κ2) is 7.81. The molecule has 1 fully saturated rings. The predicted molar refractivity (Wildman–Crippen MR) is 81.8 cm³/mol. The predicted octanol–water partition coefficient (Wildman–Crippen LogP) is 3.75. The Hall–Kier alpha value is -0.840. The molecule has 3 nitrogen and oxygen atoms in total. The van der Waals surface area contributed by atoms with Crippen molar-refractivity contribution in [3.05, 3.63) is 29.0 Å². The van der Waals surface area contributed by atoms with Crippen LogP contribution in [-0.4, -0.2) is 11.9 Å². The lowest BCUT2D eigenvalue weighted by molar-refractivity contribution is -0.117. The van der Waals surface area contributed by atoms with Crippen LogP contribution in [-0.2, 0) is 4.79 Å². The Morgan fingerprint density at radius 3 is 2.75 bits per heavy atom. The molecule has 20 heavy (non-hydrogen) atoms. The molecule has 3 N–H and O–H groups in total. The fourth-order valence-electron chi connectivity index (χ4n) is 2.52. The molecule has 0 spiro atoms. The first kappa shape index (κ1) is 17.2. The smallest absolute Gasteiger partial charge is 0.224 e. The van der Waals surface area contributed by atoms with Crippen molar-refractivity contribution in [2.45, 2.75) is 38.1 Å². The van der Waals surface area contributed by atoms with Crippen molar-refractivity contribution < 1.29 is 9.18 Å². The maximum Gasteiger partial charge on any atom is 0.224 e. The second-order valence-corrected chi connectivity index (χ2v) is 5.52. The first-order chi connectivity index (χ1) is 9.06. The minimum absolute atomic E-state index is 0. The molecule has 0 saturated heterocycles. The average molecular weight is 321 g/mol. The van der Waals surface area contributed by atoms with Crippen LogP contribution in [0.15, 0.2) is 18.2 Å². The fourth-order valence-corrected chi connectivity index (χ4v) is 2.68. The lowest BCUT2D eigenvalue weighted by Gasteiger charge is -2.27. The quantitative estimate of drug-likeness (QED) is 0.891. The lowest BCUT2D eigenvalue weighted by Crippen LogP contribution is -2.35. The van der Waals surface area contributed by atoms with E-state index >= 15 is 0 Å². The first-order valence-electron chi connectivity index (χ1n) is 6.57. The van der Waals surface area contributed by atoms with E-state index in [-0.39, 0.29) is 36.0 Å². The molecule has 1 aromatic rings. The van der Waals surface area contributed by atoms with Gasteiger partial charge in [-0.2, -0.15) is 0 Å². The van der Waals surface area contributed by atoms with Gasteiger partial charge in [-0.05, 0) is 37.0 Å². The summed E-state index contributed by atoms with van der Waals surface area (Å²) >= 11 is 5.66. The normalized spacial score (nSPS) is 21.9. The summed E-state index contributed by atoms with van der Waals surface area (Å²) in [6.07, 6.45) is 4.53. The number of hydrogen-bond acceptors (Lipinski definition) is 2. The molecule has 6 heteroatoms. The van der Waals surface area contributed by atoms with Crippen LogP contribution in [0.2, 0.25) is 5.02 Å². The Morgan fingerprint density at radius 2 is 2.10 bits per heavy atom. The van der Waals surface area contributed by atoms with Crippen LogP contribution < -0.4 is 11.1 Å². The molecule has 1 aliphatic rings. The molecule has 0 radical (unpaired) electrons. The third-order valence-electron chi connectivity index (χ3n) is 3.62. The number of carbonyl (C=O) groups excluding carboxylic acids is 1. The third kappa shape index (κ3) is 4.62. The van der Waals surface area contributed by atoms with Gasteiger partial charge in [-0.1, -0.05) is 24.4 Å². The fraction of sp³-hybridized carbons (Fsp3) is 0.500. The van der Waals surface area contributed by atoms with Gasteiger partial charge in [0.15, 0.2) is 0 Å². The summed E-state index contributed by atoms with van der Waals surface area (Å²) in [6.45, 7) is 0. The summed E-state index contributed by atoms with van der Waals surface area (Å²) in [7, 11) is 0. The first-order valence-corrected chi connectivity index (χ1v) is 6.94. The lowest BCUT2D eigenvalue weighted by atomic mass is 9.83. The van der Waals surface area contributed by atoms with Gasteiger partial charge in [0.2, 0.25) is 5.91 Å². The van der Waals surface area contributed by atoms with Crippen molar-refractivity contribution in [1.82, 2.24) is 0 Å². The number of rotatable bonds is 3. The van der Waals surface area contributed by atoms with Gasteiger partial charge in [0.1, 0.15) is 5.82 Å². The molecule has 1 amide bonds. The van der Waals surface area contributed by atoms with Crippen LogP contribution in [0.3, 0.4) is 0 Å². The maximum absolute atomic E-state index is 13.5. The van der Waals surface area contributed by atoms with Crippen LogP contribution in [0.4, 0.5) is 10.1 Å². The molecule has 1 aromatic carbocycles. The Morgan fingerprint density at radius 1 is 1.40 bits per heavy atom. The van der Waals surface area contributed by atoms with Gasteiger partial charge in [-0.25, -0.2) is 4.39 Å². The number of amides is 1. The summed E-state index contributed by atoms with van der Waals surface area (Å²) in [6, 6.07) is 4.28. The molecule has 0 bridgehead atoms. The summed E-state index contributed by atoms with van der Waals surface area (Å²) in [5.41, 5.74) is 6.16.